The lowest BCUT2D eigenvalue weighted by Crippen LogP contribution is -2.03. The van der Waals surface area contributed by atoms with Crippen LogP contribution in [-0.2, 0) is 6.54 Å². The highest BCUT2D eigenvalue weighted by Gasteiger charge is 2.13. The summed E-state index contributed by atoms with van der Waals surface area (Å²) in [5, 5.41) is 14.6. The molecule has 4 nitrogen and oxygen atoms in total. The number of benzene rings is 2. The van der Waals surface area contributed by atoms with Crippen LogP contribution in [0.3, 0.4) is 0 Å². The molecule has 0 bridgehead atoms. The molecule has 0 heterocycles. The number of hydrogen-bond acceptors (Lipinski definition) is 3. The van der Waals surface area contributed by atoms with Crippen molar-refractivity contribution in [2.75, 3.05) is 5.32 Å². The lowest BCUT2D eigenvalue weighted by molar-refractivity contribution is -0.385. The molecule has 0 saturated heterocycles. The molecule has 0 unspecified atom stereocenters. The maximum atomic E-state index is 10.9. The molecule has 0 amide bonds. The van der Waals surface area contributed by atoms with Crippen LogP contribution in [0.1, 0.15) is 5.56 Å². The van der Waals surface area contributed by atoms with Crippen molar-refractivity contribution in [1.82, 2.24) is 0 Å². The van der Waals surface area contributed by atoms with E-state index in [0.29, 0.717) is 17.1 Å². The SMILES string of the molecule is O=[N+]([O-])c1ccc(Cl)cc1CNc1cccc(I)c1. The van der Waals surface area contributed by atoms with E-state index in [1.807, 2.05) is 24.3 Å². The first-order valence-corrected chi connectivity index (χ1v) is 6.94. The van der Waals surface area contributed by atoms with E-state index < -0.39 is 4.92 Å². The molecule has 1 N–H and O–H groups in total. The van der Waals surface area contributed by atoms with Crippen LogP contribution >= 0.6 is 34.2 Å². The van der Waals surface area contributed by atoms with Crippen LogP contribution in [0.15, 0.2) is 42.5 Å². The van der Waals surface area contributed by atoms with Crippen LogP contribution in [0.4, 0.5) is 11.4 Å². The van der Waals surface area contributed by atoms with Gasteiger partial charge in [-0.15, -0.1) is 0 Å². The predicted molar refractivity (Wildman–Crippen MR) is 84.6 cm³/mol. The van der Waals surface area contributed by atoms with Crippen molar-refractivity contribution in [2.24, 2.45) is 0 Å². The van der Waals surface area contributed by atoms with Crippen LogP contribution in [0.25, 0.3) is 0 Å². The second-order valence-corrected chi connectivity index (χ2v) is 5.58. The quantitative estimate of drug-likeness (QED) is 0.478. The molecule has 98 valence electrons. The van der Waals surface area contributed by atoms with Gasteiger partial charge in [0.15, 0.2) is 0 Å². The zero-order chi connectivity index (χ0) is 13.8. The number of nitro benzene ring substituents is 1. The molecular formula is C13H10ClIN2O2. The third-order valence-corrected chi connectivity index (χ3v) is 3.45. The van der Waals surface area contributed by atoms with E-state index in [9.17, 15) is 10.1 Å². The summed E-state index contributed by atoms with van der Waals surface area (Å²) in [5.74, 6) is 0. The van der Waals surface area contributed by atoms with E-state index in [1.165, 1.54) is 12.1 Å². The lowest BCUT2D eigenvalue weighted by atomic mass is 10.1. The average molecular weight is 389 g/mol. The molecule has 0 fully saturated rings. The highest BCUT2D eigenvalue weighted by Crippen LogP contribution is 2.24. The number of nitrogens with one attached hydrogen (secondary N) is 1. The first-order chi connectivity index (χ1) is 9.06. The Kier molecular flexibility index (Phi) is 4.60. The minimum Gasteiger partial charge on any atom is -0.381 e. The zero-order valence-electron chi connectivity index (χ0n) is 9.77. The van der Waals surface area contributed by atoms with E-state index in [4.69, 9.17) is 11.6 Å². The normalized spacial score (nSPS) is 10.2. The highest BCUT2D eigenvalue weighted by atomic mass is 127. The smallest absolute Gasteiger partial charge is 0.274 e. The highest BCUT2D eigenvalue weighted by molar-refractivity contribution is 14.1. The van der Waals surface area contributed by atoms with Gasteiger partial charge in [0, 0.05) is 26.9 Å². The molecule has 0 spiro atoms. The minimum atomic E-state index is -0.401. The van der Waals surface area contributed by atoms with E-state index in [1.54, 1.807) is 6.07 Å². The first-order valence-electron chi connectivity index (χ1n) is 5.48. The molecule has 0 radical (unpaired) electrons. The van der Waals surface area contributed by atoms with Crippen LogP contribution in [0.5, 0.6) is 0 Å². The molecule has 2 rings (SSSR count). The fourth-order valence-electron chi connectivity index (χ4n) is 1.67. The number of halogens is 2. The monoisotopic (exact) mass is 388 g/mol. The van der Waals surface area contributed by atoms with Gasteiger partial charge in [-0.1, -0.05) is 17.7 Å². The third kappa shape index (κ3) is 3.81. The number of nitrogens with zero attached hydrogens (tertiary/aromatic N) is 1. The Morgan fingerprint density at radius 2 is 2.05 bits per heavy atom. The fourth-order valence-corrected chi connectivity index (χ4v) is 2.41. The summed E-state index contributed by atoms with van der Waals surface area (Å²) in [6.45, 7) is 0.358. The molecule has 0 aliphatic rings. The Hall–Kier alpha value is -1.34. The van der Waals surface area contributed by atoms with E-state index in [0.717, 1.165) is 9.26 Å². The van der Waals surface area contributed by atoms with Crippen molar-refractivity contribution in [1.29, 1.82) is 0 Å². The second kappa shape index (κ2) is 6.21. The van der Waals surface area contributed by atoms with Crippen molar-refractivity contribution in [2.45, 2.75) is 6.54 Å². The molecule has 2 aromatic rings. The number of rotatable bonds is 4. The van der Waals surface area contributed by atoms with Gasteiger partial charge in [0.05, 0.1) is 10.5 Å². The Balaban J connectivity index is 2.19. The average Bonchev–Trinajstić information content (AvgIpc) is 2.36. The van der Waals surface area contributed by atoms with Crippen LogP contribution < -0.4 is 5.32 Å². The topological polar surface area (TPSA) is 55.2 Å². The van der Waals surface area contributed by atoms with E-state index >= 15 is 0 Å². The van der Waals surface area contributed by atoms with Gasteiger partial charge in [0.25, 0.3) is 5.69 Å². The molecule has 0 atom stereocenters. The molecule has 19 heavy (non-hydrogen) atoms. The Bertz CT molecular complexity index is 619. The second-order valence-electron chi connectivity index (χ2n) is 3.89. The van der Waals surface area contributed by atoms with Crippen molar-refractivity contribution in [3.05, 3.63) is 66.7 Å². The molecule has 0 aliphatic heterocycles. The number of hydrogen-bond donors (Lipinski definition) is 1. The van der Waals surface area contributed by atoms with Gasteiger partial charge in [0.2, 0.25) is 0 Å². The molecule has 2 aromatic carbocycles. The van der Waals surface area contributed by atoms with Crippen molar-refractivity contribution >= 4 is 45.6 Å². The molecule has 0 saturated carbocycles. The summed E-state index contributed by atoms with van der Waals surface area (Å²) < 4.78 is 1.10. The van der Waals surface area contributed by atoms with Crippen LogP contribution in [0, 0.1) is 13.7 Å². The molecular weight excluding hydrogens is 379 g/mol. The molecule has 0 aromatic heterocycles. The van der Waals surface area contributed by atoms with Crippen LogP contribution in [-0.4, -0.2) is 4.92 Å². The maximum absolute atomic E-state index is 10.9. The predicted octanol–water partition coefficient (Wildman–Crippen LogP) is 4.46. The van der Waals surface area contributed by atoms with E-state index in [-0.39, 0.29) is 5.69 Å². The third-order valence-electron chi connectivity index (χ3n) is 2.55. The fraction of sp³-hybridized carbons (Fsp3) is 0.0769. The van der Waals surface area contributed by atoms with Gasteiger partial charge in [0.1, 0.15) is 0 Å². The van der Waals surface area contributed by atoms with Crippen molar-refractivity contribution < 1.29 is 4.92 Å². The largest absolute Gasteiger partial charge is 0.381 e. The summed E-state index contributed by atoms with van der Waals surface area (Å²) in [5.41, 5.74) is 1.56. The maximum Gasteiger partial charge on any atom is 0.274 e. The number of anilines is 1. The van der Waals surface area contributed by atoms with Gasteiger partial charge in [-0.05, 0) is 52.9 Å². The minimum absolute atomic E-state index is 0.0718. The van der Waals surface area contributed by atoms with Crippen molar-refractivity contribution in [3.63, 3.8) is 0 Å². The Morgan fingerprint density at radius 1 is 1.26 bits per heavy atom. The summed E-state index contributed by atoms with van der Waals surface area (Å²) in [4.78, 5) is 10.5. The zero-order valence-corrected chi connectivity index (χ0v) is 12.7. The van der Waals surface area contributed by atoms with E-state index in [2.05, 4.69) is 27.9 Å². The standard InChI is InChI=1S/C13H10ClIN2O2/c14-10-4-5-13(17(18)19)9(6-10)8-16-12-3-1-2-11(15)7-12/h1-7,16H,8H2. The van der Waals surface area contributed by atoms with Gasteiger partial charge >= 0.3 is 0 Å². The lowest BCUT2D eigenvalue weighted by Gasteiger charge is -2.08. The molecule has 0 aliphatic carbocycles. The summed E-state index contributed by atoms with van der Waals surface area (Å²) in [6, 6.07) is 12.4. The van der Waals surface area contributed by atoms with Gasteiger partial charge in [-0.3, -0.25) is 10.1 Å². The van der Waals surface area contributed by atoms with Crippen LogP contribution in [0.2, 0.25) is 5.02 Å². The summed E-state index contributed by atoms with van der Waals surface area (Å²) >= 11 is 8.09. The molecule has 6 heteroatoms. The van der Waals surface area contributed by atoms with Gasteiger partial charge in [-0.25, -0.2) is 0 Å². The number of nitro groups is 1. The first kappa shape index (κ1) is 14.1. The Morgan fingerprint density at radius 3 is 2.74 bits per heavy atom. The Labute approximate surface area is 129 Å². The van der Waals surface area contributed by atoms with Crippen molar-refractivity contribution in [3.8, 4) is 0 Å². The summed E-state index contributed by atoms with van der Waals surface area (Å²) in [6.07, 6.45) is 0. The van der Waals surface area contributed by atoms with Gasteiger partial charge < -0.3 is 5.32 Å². The summed E-state index contributed by atoms with van der Waals surface area (Å²) in [7, 11) is 0. The van der Waals surface area contributed by atoms with Gasteiger partial charge in [-0.2, -0.15) is 0 Å².